The smallest absolute Gasteiger partial charge is 0.373 e. The van der Waals surface area contributed by atoms with Crippen molar-refractivity contribution in [2.24, 2.45) is 16.5 Å². The second kappa shape index (κ2) is 20.2. The van der Waals surface area contributed by atoms with Crippen molar-refractivity contribution in [3.05, 3.63) is 94.5 Å². The molecule has 41 heavy (non-hydrogen) atoms. The predicted octanol–water partition coefficient (Wildman–Crippen LogP) is 3.35. The van der Waals surface area contributed by atoms with Crippen LogP contribution in [-0.2, 0) is 36.8 Å². The first-order valence-electron chi connectivity index (χ1n) is 11.6. The minimum atomic E-state index is -0.532. The molecule has 0 fully saturated rings. The highest BCUT2D eigenvalue weighted by Crippen LogP contribution is 2.25. The molecule has 0 radical (unpaired) electrons. The van der Waals surface area contributed by atoms with Gasteiger partial charge < -0.3 is 21.1 Å². The van der Waals surface area contributed by atoms with Gasteiger partial charge in [-0.1, -0.05) is 48.0 Å². The van der Waals surface area contributed by atoms with Gasteiger partial charge in [-0.15, -0.1) is 12.4 Å². The molecule has 0 heterocycles. The number of carbonyl (C=O) groups excluding carboxylic acids is 6. The first-order chi connectivity index (χ1) is 19.1. The van der Waals surface area contributed by atoms with Crippen molar-refractivity contribution in [1.82, 2.24) is 4.90 Å². The van der Waals surface area contributed by atoms with Crippen LogP contribution in [0.3, 0.4) is 0 Å². The molecule has 1 amide bonds. The number of aryl methyl sites for hydroxylation is 1. The topological polar surface area (TPSA) is 179 Å². The van der Waals surface area contributed by atoms with Crippen LogP contribution in [-0.4, -0.2) is 48.6 Å². The Morgan fingerprint density at radius 1 is 0.902 bits per heavy atom. The summed E-state index contributed by atoms with van der Waals surface area (Å²) in [6, 6.07) is 21.4. The zero-order chi connectivity index (χ0) is 29.9. The molecule has 0 aliphatic heterocycles. The normalized spacial score (nSPS) is 9.02. The molecule has 0 aliphatic rings. The quantitative estimate of drug-likeness (QED) is 0.161. The Kier molecular flexibility index (Phi) is 17.8. The number of ether oxygens (including phenoxy) is 1. The minimum absolute atomic E-state index is 0. The molecule has 3 aromatic carbocycles. The van der Waals surface area contributed by atoms with Crippen molar-refractivity contribution in [2.75, 3.05) is 13.6 Å². The number of likely N-dealkylation sites (N-methyl/N-ethyl adjacent to an activating group) is 1. The number of benzene rings is 3. The molecule has 216 valence electrons. The number of hydrogen-bond acceptors (Lipinski definition) is 8. The maximum atomic E-state index is 12.5. The van der Waals surface area contributed by atoms with Crippen LogP contribution in [0.5, 0.6) is 5.75 Å². The van der Waals surface area contributed by atoms with Crippen molar-refractivity contribution in [2.45, 2.75) is 19.3 Å². The third kappa shape index (κ3) is 14.2. The summed E-state index contributed by atoms with van der Waals surface area (Å²) in [5, 5.41) is 0.438. The number of esters is 1. The van der Waals surface area contributed by atoms with Gasteiger partial charge in [0.1, 0.15) is 5.75 Å². The number of hydrogen-bond donors (Lipinski definition) is 2. The lowest BCUT2D eigenvalue weighted by atomic mass is 10.1. The first-order valence-corrected chi connectivity index (χ1v) is 12.0. The van der Waals surface area contributed by atoms with Crippen molar-refractivity contribution >= 4 is 59.8 Å². The molecule has 11 nitrogen and oxygen atoms in total. The molecule has 3 rings (SSSR count). The second-order valence-corrected chi connectivity index (χ2v) is 8.35. The number of nitrogens with zero attached hydrogens (tertiary/aromatic N) is 2. The van der Waals surface area contributed by atoms with Crippen molar-refractivity contribution in [3.63, 3.8) is 0 Å². The predicted molar refractivity (Wildman–Crippen MR) is 152 cm³/mol. The molecule has 13 heteroatoms. The van der Waals surface area contributed by atoms with Gasteiger partial charge in [0.2, 0.25) is 5.91 Å². The molecule has 0 unspecified atom stereocenters. The van der Waals surface area contributed by atoms with Gasteiger partial charge in [0.05, 0.1) is 11.3 Å². The van der Waals surface area contributed by atoms with E-state index in [0.717, 1.165) is 12.0 Å². The lowest BCUT2D eigenvalue weighted by molar-refractivity contribution is -0.193. The summed E-state index contributed by atoms with van der Waals surface area (Å²) < 4.78 is 5.41. The number of guanidine groups is 1. The van der Waals surface area contributed by atoms with Gasteiger partial charge >= 0.3 is 18.3 Å². The molecule has 0 aliphatic carbocycles. The lowest BCUT2D eigenvalue weighted by Crippen LogP contribution is -2.29. The van der Waals surface area contributed by atoms with Gasteiger partial charge in [0.15, 0.2) is 5.96 Å². The van der Waals surface area contributed by atoms with Gasteiger partial charge in [-0.05, 0) is 60.4 Å². The van der Waals surface area contributed by atoms with Gasteiger partial charge in [-0.3, -0.25) is 4.79 Å². The highest BCUT2D eigenvalue weighted by molar-refractivity contribution is 6.31. The zero-order valence-corrected chi connectivity index (χ0v) is 23.5. The largest absolute Gasteiger partial charge is 0.423 e. The Hall–Kier alpha value is -4.79. The third-order valence-corrected chi connectivity index (χ3v) is 5.56. The summed E-state index contributed by atoms with van der Waals surface area (Å²) in [5.74, 6) is -0.231. The van der Waals surface area contributed by atoms with E-state index in [1.807, 2.05) is 30.3 Å². The number of carbonyl (C=O) groups is 2. The monoisotopic (exact) mass is 602 g/mol. The highest BCUT2D eigenvalue weighted by Gasteiger charge is 2.13. The Bertz CT molecular complexity index is 1340. The van der Waals surface area contributed by atoms with E-state index in [-0.39, 0.29) is 36.6 Å². The van der Waals surface area contributed by atoms with E-state index in [4.69, 9.17) is 47.0 Å². The summed E-state index contributed by atoms with van der Waals surface area (Å²) in [6.07, 6.45) is 2.14. The average Bonchev–Trinajstić information content (AvgIpc) is 2.92. The van der Waals surface area contributed by atoms with Crippen molar-refractivity contribution < 1.29 is 33.5 Å². The van der Waals surface area contributed by atoms with Gasteiger partial charge in [-0.25, -0.2) is 9.79 Å². The SMILES string of the molecule is CN(CCc1ccccc1)C(=O)CCc1ccc(OC(=O)c2ccc(N=C(N)N)cc2)cc1Cl.Cl.O=C=O.O=C=O. The zero-order valence-electron chi connectivity index (χ0n) is 21.9. The maximum Gasteiger partial charge on any atom is 0.373 e. The lowest BCUT2D eigenvalue weighted by Gasteiger charge is -2.17. The minimum Gasteiger partial charge on any atom is -0.423 e. The van der Waals surface area contributed by atoms with Crippen LogP contribution in [0.25, 0.3) is 0 Å². The van der Waals surface area contributed by atoms with E-state index in [1.54, 1.807) is 54.4 Å². The fourth-order valence-electron chi connectivity index (χ4n) is 3.28. The van der Waals surface area contributed by atoms with E-state index in [9.17, 15) is 9.59 Å². The average molecular weight is 603 g/mol. The van der Waals surface area contributed by atoms with Gasteiger partial charge in [0, 0.05) is 25.0 Å². The molecule has 0 saturated heterocycles. The molecular weight excluding hydrogens is 575 g/mol. The molecular formula is C28H28Cl2N4O7. The second-order valence-electron chi connectivity index (χ2n) is 7.94. The summed E-state index contributed by atoms with van der Waals surface area (Å²) in [5.41, 5.74) is 13.6. The Morgan fingerprint density at radius 2 is 1.49 bits per heavy atom. The summed E-state index contributed by atoms with van der Waals surface area (Å²) in [7, 11) is 1.80. The number of rotatable bonds is 9. The highest BCUT2D eigenvalue weighted by atomic mass is 35.5. The van der Waals surface area contributed by atoms with Crippen LogP contribution in [0, 0.1) is 0 Å². The van der Waals surface area contributed by atoms with E-state index < -0.39 is 5.97 Å². The molecule has 3 aromatic rings. The number of amides is 1. The van der Waals surface area contributed by atoms with Gasteiger partial charge in [-0.2, -0.15) is 19.2 Å². The standard InChI is InChI=1S/C26H27ClN4O3.2CO2.ClH/c1-31(16-15-18-5-3-2-4-6-18)24(32)14-10-19-9-13-22(17-23(19)27)34-25(33)20-7-11-21(12-8-20)30-26(28)29;2*2-1-3;/h2-9,11-13,17H,10,14-16H2,1H3,(H4,28,29,30);;;1H. The van der Waals surface area contributed by atoms with E-state index >= 15 is 0 Å². The van der Waals surface area contributed by atoms with Crippen LogP contribution in [0.1, 0.15) is 27.9 Å². The number of aliphatic imine (C=N–C) groups is 1. The summed E-state index contributed by atoms with van der Waals surface area (Å²) >= 11 is 6.38. The molecule has 0 aromatic heterocycles. The van der Waals surface area contributed by atoms with Crippen molar-refractivity contribution in [1.29, 1.82) is 0 Å². The van der Waals surface area contributed by atoms with Crippen LogP contribution in [0.15, 0.2) is 77.8 Å². The molecule has 4 N–H and O–H groups in total. The Labute approximate surface area is 247 Å². The molecule has 0 saturated carbocycles. The van der Waals surface area contributed by atoms with E-state index in [0.29, 0.717) is 41.4 Å². The first kappa shape index (κ1) is 36.2. The van der Waals surface area contributed by atoms with Crippen LogP contribution in [0.4, 0.5) is 5.69 Å². The van der Waals surface area contributed by atoms with Crippen LogP contribution in [0.2, 0.25) is 5.02 Å². The van der Waals surface area contributed by atoms with E-state index in [1.165, 1.54) is 5.56 Å². The van der Waals surface area contributed by atoms with Gasteiger partial charge in [0.25, 0.3) is 0 Å². The maximum absolute atomic E-state index is 12.5. The Morgan fingerprint density at radius 3 is 2.02 bits per heavy atom. The Balaban J connectivity index is 0.00000210. The molecule has 0 atom stereocenters. The summed E-state index contributed by atoms with van der Waals surface area (Å²) in [4.78, 5) is 63.0. The van der Waals surface area contributed by atoms with Crippen molar-refractivity contribution in [3.8, 4) is 5.75 Å². The summed E-state index contributed by atoms with van der Waals surface area (Å²) in [6.45, 7) is 0.651. The fraction of sp³-hybridized carbons (Fsp3) is 0.179. The third-order valence-electron chi connectivity index (χ3n) is 5.21. The number of halogens is 2. The van der Waals surface area contributed by atoms with Crippen LogP contribution >= 0.6 is 24.0 Å². The number of nitrogens with two attached hydrogens (primary N) is 2. The van der Waals surface area contributed by atoms with E-state index in [2.05, 4.69) is 4.99 Å². The molecule has 0 spiro atoms. The molecule has 0 bridgehead atoms. The fourth-order valence-corrected chi connectivity index (χ4v) is 3.55. The van der Waals surface area contributed by atoms with Crippen LogP contribution < -0.4 is 16.2 Å².